The summed E-state index contributed by atoms with van der Waals surface area (Å²) in [4.78, 5) is 12.4. The van der Waals surface area contributed by atoms with Gasteiger partial charge in [-0.2, -0.15) is 0 Å². The first kappa shape index (κ1) is 61.1. The first-order valence-corrected chi connectivity index (χ1v) is 28.9. The van der Waals surface area contributed by atoms with Crippen LogP contribution in [0, 0.1) is 0 Å². The van der Waals surface area contributed by atoms with Crippen molar-refractivity contribution in [2.24, 2.45) is 0 Å². The van der Waals surface area contributed by atoms with E-state index < -0.39 is 12.1 Å². The van der Waals surface area contributed by atoms with Crippen LogP contribution in [0.15, 0.2) is 12.2 Å². The molecule has 62 heavy (non-hydrogen) atoms. The van der Waals surface area contributed by atoms with Crippen molar-refractivity contribution in [3.8, 4) is 0 Å². The molecule has 0 aliphatic rings. The minimum Gasteiger partial charge on any atom is -0.394 e. The lowest BCUT2D eigenvalue weighted by atomic mass is 10.0. The molecule has 0 aromatic carbocycles. The highest BCUT2D eigenvalue weighted by Gasteiger charge is 2.18. The fourth-order valence-corrected chi connectivity index (χ4v) is 9.36. The smallest absolute Gasteiger partial charge is 0.220 e. The van der Waals surface area contributed by atoms with E-state index in [2.05, 4.69) is 19.2 Å². The number of amides is 1. The maximum Gasteiger partial charge on any atom is 0.220 e. The van der Waals surface area contributed by atoms with Gasteiger partial charge in [-0.15, -0.1) is 0 Å². The van der Waals surface area contributed by atoms with Gasteiger partial charge >= 0.3 is 0 Å². The Morgan fingerprint density at radius 3 is 0.839 bits per heavy atom. The van der Waals surface area contributed by atoms with E-state index in [-0.39, 0.29) is 12.5 Å². The number of aliphatic hydroxyl groups is 2. The molecule has 4 nitrogen and oxygen atoms in total. The average molecular weight is 875 g/mol. The van der Waals surface area contributed by atoms with Crippen LogP contribution in [0.4, 0.5) is 0 Å². The summed E-state index contributed by atoms with van der Waals surface area (Å²) in [7, 11) is 0. The summed E-state index contributed by atoms with van der Waals surface area (Å²) in [6.07, 6.45) is 71.1. The van der Waals surface area contributed by atoms with E-state index in [4.69, 9.17) is 0 Å². The van der Waals surface area contributed by atoms with Crippen molar-refractivity contribution in [3.05, 3.63) is 12.2 Å². The van der Waals surface area contributed by atoms with Crippen LogP contribution in [0.3, 0.4) is 0 Å². The summed E-state index contributed by atoms with van der Waals surface area (Å²) in [6.45, 7) is 4.34. The maximum atomic E-state index is 12.4. The third-order valence-corrected chi connectivity index (χ3v) is 13.8. The molecule has 3 N–H and O–H groups in total. The number of aliphatic hydroxyl groups excluding tert-OH is 2. The van der Waals surface area contributed by atoms with Gasteiger partial charge in [0, 0.05) is 6.42 Å². The topological polar surface area (TPSA) is 69.6 Å². The van der Waals surface area contributed by atoms with Gasteiger partial charge in [0.05, 0.1) is 18.8 Å². The van der Waals surface area contributed by atoms with E-state index >= 15 is 0 Å². The third kappa shape index (κ3) is 50.1. The molecule has 0 saturated carbocycles. The van der Waals surface area contributed by atoms with Crippen LogP contribution in [-0.2, 0) is 4.79 Å². The van der Waals surface area contributed by atoms with Gasteiger partial charge in [-0.25, -0.2) is 0 Å². The Labute approximate surface area is 390 Å². The van der Waals surface area contributed by atoms with Crippen molar-refractivity contribution in [2.75, 3.05) is 6.61 Å². The number of allylic oxidation sites excluding steroid dienone is 1. The number of hydrogen-bond donors (Lipinski definition) is 3. The third-order valence-electron chi connectivity index (χ3n) is 13.8. The Balaban J connectivity index is 3.36. The second-order valence-electron chi connectivity index (χ2n) is 20.1. The fraction of sp³-hybridized carbons (Fsp3) is 0.948. The van der Waals surface area contributed by atoms with Gasteiger partial charge in [0.1, 0.15) is 0 Å². The number of carbonyl (C=O) groups is 1. The molecule has 0 aliphatic heterocycles. The lowest BCUT2D eigenvalue weighted by Gasteiger charge is -2.20. The zero-order valence-electron chi connectivity index (χ0n) is 42.7. The molecule has 2 atom stereocenters. The second kappa shape index (κ2) is 54.5. The average Bonchev–Trinajstić information content (AvgIpc) is 3.28. The molecule has 0 fully saturated rings. The van der Waals surface area contributed by atoms with Crippen molar-refractivity contribution in [2.45, 2.75) is 347 Å². The van der Waals surface area contributed by atoms with E-state index in [1.807, 2.05) is 6.08 Å². The monoisotopic (exact) mass is 874 g/mol. The number of hydrogen-bond acceptors (Lipinski definition) is 3. The van der Waals surface area contributed by atoms with E-state index in [1.54, 1.807) is 6.08 Å². The number of carbonyl (C=O) groups excluding carboxylic acids is 1. The van der Waals surface area contributed by atoms with Crippen molar-refractivity contribution in [1.29, 1.82) is 0 Å². The molecule has 0 aromatic rings. The Bertz CT molecular complexity index is 860. The molecular formula is C58H115NO3. The number of nitrogens with one attached hydrogen (secondary N) is 1. The largest absolute Gasteiger partial charge is 0.394 e. The van der Waals surface area contributed by atoms with Gasteiger partial charge in [0.15, 0.2) is 0 Å². The Morgan fingerprint density at radius 1 is 0.371 bits per heavy atom. The van der Waals surface area contributed by atoms with Gasteiger partial charge in [0.25, 0.3) is 0 Å². The molecule has 0 radical (unpaired) electrons. The van der Waals surface area contributed by atoms with Gasteiger partial charge in [-0.05, 0) is 19.3 Å². The van der Waals surface area contributed by atoms with Crippen LogP contribution < -0.4 is 5.32 Å². The van der Waals surface area contributed by atoms with Crippen molar-refractivity contribution in [3.63, 3.8) is 0 Å². The molecule has 0 rings (SSSR count). The molecule has 0 bridgehead atoms. The van der Waals surface area contributed by atoms with E-state index in [1.165, 1.54) is 289 Å². The predicted molar refractivity (Wildman–Crippen MR) is 276 cm³/mol. The molecule has 0 aliphatic carbocycles. The first-order valence-electron chi connectivity index (χ1n) is 28.9. The molecule has 2 unspecified atom stereocenters. The van der Waals surface area contributed by atoms with Crippen LogP contribution in [-0.4, -0.2) is 34.9 Å². The molecule has 370 valence electrons. The first-order chi connectivity index (χ1) is 30.7. The van der Waals surface area contributed by atoms with Crippen molar-refractivity contribution in [1.82, 2.24) is 5.32 Å². The predicted octanol–water partition coefficient (Wildman–Crippen LogP) is 18.9. The summed E-state index contributed by atoms with van der Waals surface area (Å²) in [5.41, 5.74) is 0. The molecule has 0 spiro atoms. The standard InChI is InChI=1S/C58H115NO3/c1-3-5-7-9-11-13-15-17-19-20-21-22-23-24-25-26-27-28-29-30-31-32-33-34-35-36-37-38-39-40-42-44-46-48-50-52-54-58(62)59-56(55-60)57(61)53-51-49-47-45-43-41-18-16-14-12-10-8-6-4-2/h51,53,56-57,60-61H,3-50,52,54-55H2,1-2H3,(H,59,62)/b53-51+. The molecule has 0 aromatic heterocycles. The lowest BCUT2D eigenvalue weighted by molar-refractivity contribution is -0.123. The quantitative estimate of drug-likeness (QED) is 0.0421. The van der Waals surface area contributed by atoms with E-state index in [0.717, 1.165) is 25.7 Å². The van der Waals surface area contributed by atoms with Crippen LogP contribution in [0.2, 0.25) is 0 Å². The summed E-state index contributed by atoms with van der Waals surface area (Å²) in [5, 5.41) is 23.1. The van der Waals surface area contributed by atoms with Crippen LogP contribution >= 0.6 is 0 Å². The van der Waals surface area contributed by atoms with Gasteiger partial charge < -0.3 is 15.5 Å². The highest BCUT2D eigenvalue weighted by atomic mass is 16.3. The molecule has 1 amide bonds. The van der Waals surface area contributed by atoms with Crippen LogP contribution in [0.5, 0.6) is 0 Å². The molecule has 0 saturated heterocycles. The summed E-state index contributed by atoms with van der Waals surface area (Å²) < 4.78 is 0. The highest BCUT2D eigenvalue weighted by Crippen LogP contribution is 2.18. The molecule has 0 heterocycles. The van der Waals surface area contributed by atoms with Crippen molar-refractivity contribution < 1.29 is 15.0 Å². The van der Waals surface area contributed by atoms with Crippen molar-refractivity contribution >= 4 is 5.91 Å². The fourth-order valence-electron chi connectivity index (χ4n) is 9.36. The maximum absolute atomic E-state index is 12.4. The summed E-state index contributed by atoms with van der Waals surface area (Å²) in [5.74, 6) is -0.0568. The minimum atomic E-state index is -0.834. The summed E-state index contributed by atoms with van der Waals surface area (Å²) >= 11 is 0. The minimum absolute atomic E-state index is 0.0568. The van der Waals surface area contributed by atoms with Gasteiger partial charge in [-0.3, -0.25) is 4.79 Å². The molecular weight excluding hydrogens is 759 g/mol. The zero-order chi connectivity index (χ0) is 44.9. The van der Waals surface area contributed by atoms with E-state index in [9.17, 15) is 15.0 Å². The Morgan fingerprint density at radius 2 is 0.597 bits per heavy atom. The second-order valence-corrected chi connectivity index (χ2v) is 20.1. The van der Waals surface area contributed by atoms with Crippen LogP contribution in [0.1, 0.15) is 335 Å². The Hall–Kier alpha value is -0.870. The van der Waals surface area contributed by atoms with E-state index in [0.29, 0.717) is 6.42 Å². The SMILES string of the molecule is CCCCCCCCCCCCCC/C=C/C(O)C(CO)NC(=O)CCCCCCCCCCCCCCCCCCCCCCCCCCCCCCCCCCCCCC. The highest BCUT2D eigenvalue weighted by molar-refractivity contribution is 5.76. The number of unbranched alkanes of at least 4 members (excludes halogenated alkanes) is 47. The van der Waals surface area contributed by atoms with Gasteiger partial charge in [-0.1, -0.05) is 321 Å². The van der Waals surface area contributed by atoms with Gasteiger partial charge in [0.2, 0.25) is 5.91 Å². The number of rotatable bonds is 54. The summed E-state index contributed by atoms with van der Waals surface area (Å²) in [6, 6.07) is -0.617. The normalized spacial score (nSPS) is 12.8. The van der Waals surface area contributed by atoms with Crippen LogP contribution in [0.25, 0.3) is 0 Å². The Kier molecular flexibility index (Phi) is 53.7. The molecule has 4 heteroatoms. The zero-order valence-corrected chi connectivity index (χ0v) is 42.7. The lowest BCUT2D eigenvalue weighted by Crippen LogP contribution is -2.45.